The molecule has 0 rings (SSSR count). The van der Waals surface area contributed by atoms with E-state index in [1.54, 1.807) is 0 Å². The van der Waals surface area contributed by atoms with E-state index in [9.17, 15) is 4.79 Å². The van der Waals surface area contributed by atoms with Crippen molar-refractivity contribution in [2.75, 3.05) is 5.88 Å². The Bertz CT molecular complexity index is 54.8. The fraction of sp³-hybridized carbons (Fsp3) is 0.667. The summed E-state index contributed by atoms with van der Waals surface area (Å²) >= 11 is 5.85. The van der Waals surface area contributed by atoms with Crippen LogP contribution >= 0.6 is 11.6 Å². The first-order chi connectivity index (χ1) is 2.77. The van der Waals surface area contributed by atoms with Crippen LogP contribution in [0.15, 0.2) is 0 Å². The molecule has 0 aliphatic carbocycles. The summed E-state index contributed by atoms with van der Waals surface area (Å²) in [6.07, 6.45) is 0.563. The molecular formula is C3H4ClNaO. The summed E-state index contributed by atoms with van der Waals surface area (Å²) in [6, 6.07) is 0. The molecule has 0 bridgehead atoms. The van der Waals surface area contributed by atoms with Gasteiger partial charge in [-0.3, -0.25) is 0 Å². The van der Waals surface area contributed by atoms with Crippen molar-refractivity contribution in [1.82, 2.24) is 0 Å². The summed E-state index contributed by atoms with van der Waals surface area (Å²) in [4.78, 5) is 10.0. The van der Waals surface area contributed by atoms with E-state index < -0.39 is 0 Å². The van der Waals surface area contributed by atoms with E-state index in [2.05, 4.69) is 0 Å². The Morgan fingerprint density at radius 2 is 2.33 bits per heavy atom. The van der Waals surface area contributed by atoms with Gasteiger partial charge in [-0.25, -0.2) is 0 Å². The molecule has 0 aliphatic heterocycles. The summed E-state index contributed by atoms with van der Waals surface area (Å²) in [7, 11) is 0. The average molecular weight is 115 g/mol. The molecule has 0 aromatic heterocycles. The van der Waals surface area contributed by atoms with E-state index in [4.69, 9.17) is 11.6 Å². The van der Waals surface area contributed by atoms with Gasteiger partial charge in [0.1, 0.15) is 0 Å². The minimum absolute atomic E-state index is 0.296. The summed E-state index contributed by atoms with van der Waals surface area (Å²) in [6.45, 7) is 0. The van der Waals surface area contributed by atoms with Gasteiger partial charge < -0.3 is 0 Å². The monoisotopic (exact) mass is 114 g/mol. The maximum absolute atomic E-state index is 10.0. The van der Waals surface area contributed by atoms with Gasteiger partial charge in [0.2, 0.25) is 0 Å². The van der Waals surface area contributed by atoms with Crippen LogP contribution in [-0.4, -0.2) is 36.8 Å². The Hall–Kier alpha value is 0.960. The van der Waals surface area contributed by atoms with Crippen molar-refractivity contribution in [3.8, 4) is 0 Å². The summed E-state index contributed by atoms with van der Waals surface area (Å²) in [5.74, 6) is 0.488. The molecule has 0 heterocycles. The molecule has 0 spiro atoms. The molecule has 0 unspecified atom stereocenters. The van der Waals surface area contributed by atoms with E-state index in [1.165, 1.54) is 0 Å². The van der Waals surface area contributed by atoms with Gasteiger partial charge in [-0.15, -0.1) is 0 Å². The Kier molecular flexibility index (Phi) is 4.79. The summed E-state index contributed by atoms with van der Waals surface area (Å²) in [5, 5.41) is 0. The van der Waals surface area contributed by atoms with E-state index in [0.29, 0.717) is 43.3 Å². The van der Waals surface area contributed by atoms with Gasteiger partial charge in [0.25, 0.3) is 0 Å². The fourth-order valence-corrected chi connectivity index (χ4v) is 0.966. The zero-order chi connectivity index (χ0) is 4.99. The molecule has 0 saturated heterocycles. The van der Waals surface area contributed by atoms with E-state index >= 15 is 0 Å². The van der Waals surface area contributed by atoms with Crippen LogP contribution in [0.1, 0.15) is 6.42 Å². The molecule has 0 N–H and O–H groups in total. The van der Waals surface area contributed by atoms with Gasteiger partial charge in [0, 0.05) is 0 Å². The first-order valence-corrected chi connectivity index (χ1v) is 3.36. The van der Waals surface area contributed by atoms with Crippen molar-refractivity contribution >= 4 is 42.6 Å². The summed E-state index contributed by atoms with van der Waals surface area (Å²) < 4.78 is 0.296. The number of hydrogen-bond donors (Lipinski definition) is 0. The van der Waals surface area contributed by atoms with Crippen molar-refractivity contribution in [3.05, 3.63) is 0 Å². The van der Waals surface area contributed by atoms with Crippen LogP contribution in [0.4, 0.5) is 0 Å². The third kappa shape index (κ3) is 4.96. The minimum atomic E-state index is 0.296. The maximum atomic E-state index is 10.0. The number of alkyl halides is 1. The number of carbonyl (C=O) groups excluding carboxylic acids is 1. The number of rotatable bonds is 2. The first kappa shape index (κ1) is 6.96. The van der Waals surface area contributed by atoms with Crippen LogP contribution in [0, 0.1) is 0 Å². The van der Waals surface area contributed by atoms with Gasteiger partial charge in [-0.05, 0) is 0 Å². The molecular weight excluding hydrogens is 110 g/mol. The second kappa shape index (κ2) is 4.13. The molecule has 6 heavy (non-hydrogen) atoms. The van der Waals surface area contributed by atoms with Crippen LogP contribution in [-0.2, 0) is 4.79 Å². The third-order valence-electron chi connectivity index (χ3n) is 0.447. The number of halogens is 1. The molecule has 0 amide bonds. The molecule has 3 heteroatoms. The quantitative estimate of drug-likeness (QED) is 0.373. The standard InChI is InChI=1S/C3H4ClO.Na/c4-2-1-3-5;/h1-2H2;. The molecule has 0 atom stereocenters. The average Bonchev–Trinajstić information content (AvgIpc) is 1.35. The van der Waals surface area contributed by atoms with Crippen molar-refractivity contribution in [3.63, 3.8) is 0 Å². The van der Waals surface area contributed by atoms with Crippen molar-refractivity contribution in [1.29, 1.82) is 0 Å². The topological polar surface area (TPSA) is 17.1 Å². The van der Waals surface area contributed by atoms with Gasteiger partial charge in [0.15, 0.2) is 0 Å². The van der Waals surface area contributed by atoms with Gasteiger partial charge >= 0.3 is 59.7 Å². The fourth-order valence-electron chi connectivity index (χ4n) is 0.133. The SMILES string of the molecule is O=[C]([Na])CCCl. The second-order valence-corrected chi connectivity index (χ2v) is 2.63. The first-order valence-electron chi connectivity index (χ1n) is 1.82. The molecule has 0 radical (unpaired) electrons. The Morgan fingerprint density at radius 1 is 1.83 bits per heavy atom. The molecule has 0 aromatic carbocycles. The molecule has 1 nitrogen and oxygen atoms in total. The molecule has 0 fully saturated rings. The van der Waals surface area contributed by atoms with Crippen LogP contribution < -0.4 is 0 Å². The van der Waals surface area contributed by atoms with Crippen molar-refractivity contribution in [2.24, 2.45) is 0 Å². The zero-order valence-corrected chi connectivity index (χ0v) is 6.46. The predicted molar refractivity (Wildman–Crippen MR) is 26.1 cm³/mol. The van der Waals surface area contributed by atoms with Gasteiger partial charge in [-0.1, -0.05) is 0 Å². The molecule has 30 valence electrons. The van der Waals surface area contributed by atoms with Crippen LogP contribution in [0.25, 0.3) is 0 Å². The summed E-state index contributed by atoms with van der Waals surface area (Å²) in [5.41, 5.74) is 0. The normalized spacial score (nSPS) is 8.50. The number of hydrogen-bond acceptors (Lipinski definition) is 1. The second-order valence-electron chi connectivity index (χ2n) is 1.14. The van der Waals surface area contributed by atoms with Crippen LogP contribution in [0.3, 0.4) is 0 Å². The molecule has 0 saturated carbocycles. The third-order valence-corrected chi connectivity index (χ3v) is 1.14. The Balaban J connectivity index is 2.83. The molecule has 0 aromatic rings. The molecule has 0 aliphatic rings. The van der Waals surface area contributed by atoms with Gasteiger partial charge in [-0.2, -0.15) is 0 Å². The van der Waals surface area contributed by atoms with Crippen molar-refractivity contribution in [2.45, 2.75) is 6.42 Å². The van der Waals surface area contributed by atoms with Gasteiger partial charge in [0.05, 0.1) is 0 Å². The number of carbonyl (C=O) groups is 1. The Morgan fingerprint density at radius 3 is 2.33 bits per heavy atom. The van der Waals surface area contributed by atoms with E-state index in [1.807, 2.05) is 0 Å². The van der Waals surface area contributed by atoms with E-state index in [0.717, 1.165) is 0 Å². The van der Waals surface area contributed by atoms with Crippen LogP contribution in [0.2, 0.25) is 0 Å². The van der Waals surface area contributed by atoms with E-state index in [-0.39, 0.29) is 0 Å². The van der Waals surface area contributed by atoms with Crippen molar-refractivity contribution < 1.29 is 4.79 Å². The Labute approximate surface area is 59.5 Å². The van der Waals surface area contributed by atoms with Crippen LogP contribution in [0.5, 0.6) is 0 Å². The zero-order valence-electron chi connectivity index (χ0n) is 3.70. The predicted octanol–water partition coefficient (Wildman–Crippen LogP) is 0.310.